The summed E-state index contributed by atoms with van der Waals surface area (Å²) in [6, 6.07) is 5.43. The molecule has 0 aliphatic carbocycles. The summed E-state index contributed by atoms with van der Waals surface area (Å²) in [6.45, 7) is 5.80. The van der Waals surface area contributed by atoms with Crippen LogP contribution >= 0.6 is 0 Å². The second-order valence-electron chi connectivity index (χ2n) is 7.44. The molecule has 1 N–H and O–H groups in total. The zero-order valence-corrected chi connectivity index (χ0v) is 15.1. The van der Waals surface area contributed by atoms with Gasteiger partial charge in [0, 0.05) is 31.2 Å². The van der Waals surface area contributed by atoms with Gasteiger partial charge in [-0.3, -0.25) is 9.59 Å². The maximum atomic E-state index is 13.0. The Bertz CT molecular complexity index is 883. The number of hydrogen-bond donors (Lipinski definition) is 1. The van der Waals surface area contributed by atoms with Crippen molar-refractivity contribution in [3.8, 4) is 0 Å². The summed E-state index contributed by atoms with van der Waals surface area (Å²) in [5, 5.41) is 10.6. The fourth-order valence-corrected chi connectivity index (χ4v) is 3.88. The van der Waals surface area contributed by atoms with E-state index in [1.54, 1.807) is 18.2 Å². The minimum atomic E-state index is -0.0981. The summed E-state index contributed by atoms with van der Waals surface area (Å²) in [5.74, 6) is 0.0451. The van der Waals surface area contributed by atoms with Crippen molar-refractivity contribution in [3.63, 3.8) is 0 Å². The van der Waals surface area contributed by atoms with E-state index in [1.807, 2.05) is 23.6 Å². The van der Waals surface area contributed by atoms with E-state index >= 15 is 0 Å². The summed E-state index contributed by atoms with van der Waals surface area (Å²) in [4.78, 5) is 29.6. The first-order valence-corrected chi connectivity index (χ1v) is 9.06. The van der Waals surface area contributed by atoms with E-state index in [4.69, 9.17) is 0 Å². The fourth-order valence-electron chi connectivity index (χ4n) is 3.88. The summed E-state index contributed by atoms with van der Waals surface area (Å²) in [6.07, 6.45) is 3.91. The highest BCUT2D eigenvalue weighted by Gasteiger charge is 2.41. The van der Waals surface area contributed by atoms with Crippen LogP contribution in [0.3, 0.4) is 0 Å². The number of aromatic nitrogens is 3. The molecule has 0 radical (unpaired) electrons. The van der Waals surface area contributed by atoms with Crippen molar-refractivity contribution in [2.24, 2.45) is 5.92 Å². The van der Waals surface area contributed by atoms with Crippen molar-refractivity contribution in [1.29, 1.82) is 0 Å². The van der Waals surface area contributed by atoms with Gasteiger partial charge in [0.15, 0.2) is 0 Å². The van der Waals surface area contributed by atoms with E-state index in [-0.39, 0.29) is 23.8 Å². The van der Waals surface area contributed by atoms with Crippen LogP contribution in [0.5, 0.6) is 0 Å². The zero-order chi connectivity index (χ0) is 18.3. The Morgan fingerprint density at radius 1 is 1.23 bits per heavy atom. The van der Waals surface area contributed by atoms with Crippen molar-refractivity contribution in [1.82, 2.24) is 25.2 Å². The van der Waals surface area contributed by atoms with Crippen LogP contribution in [0, 0.1) is 5.92 Å². The van der Waals surface area contributed by atoms with Crippen LogP contribution in [0.2, 0.25) is 0 Å². The van der Waals surface area contributed by atoms with Crippen molar-refractivity contribution in [2.75, 3.05) is 19.6 Å². The third-order valence-corrected chi connectivity index (χ3v) is 5.34. The van der Waals surface area contributed by atoms with Gasteiger partial charge in [-0.1, -0.05) is 11.6 Å². The van der Waals surface area contributed by atoms with Gasteiger partial charge >= 0.3 is 0 Å². The molecule has 0 saturated carbocycles. The number of rotatable bonds is 3. The number of piperidine rings is 1. The number of hydrogen-bond acceptors (Lipinski definition) is 4. The zero-order valence-electron chi connectivity index (χ0n) is 15.1. The largest absolute Gasteiger partial charge is 0.336 e. The van der Waals surface area contributed by atoms with Crippen molar-refractivity contribution in [2.45, 2.75) is 32.7 Å². The third-order valence-electron chi connectivity index (χ3n) is 5.34. The molecular weight excluding hydrogens is 330 g/mol. The van der Waals surface area contributed by atoms with E-state index in [0.717, 1.165) is 18.4 Å². The Balaban J connectivity index is 1.57. The molecule has 2 atom stereocenters. The van der Waals surface area contributed by atoms with Gasteiger partial charge in [-0.15, -0.1) is 0 Å². The van der Waals surface area contributed by atoms with E-state index in [2.05, 4.69) is 21.5 Å². The van der Waals surface area contributed by atoms with Gasteiger partial charge in [0.1, 0.15) is 11.0 Å². The predicted octanol–water partition coefficient (Wildman–Crippen LogP) is 1.99. The molecule has 7 heteroatoms. The van der Waals surface area contributed by atoms with Gasteiger partial charge in [-0.2, -0.15) is 15.4 Å². The number of carbonyl (C=O) groups is 2. The van der Waals surface area contributed by atoms with E-state index in [0.29, 0.717) is 30.7 Å². The first-order chi connectivity index (χ1) is 12.5. The minimum Gasteiger partial charge on any atom is -0.336 e. The van der Waals surface area contributed by atoms with Crippen LogP contribution in [0.15, 0.2) is 29.8 Å². The lowest BCUT2D eigenvalue weighted by Crippen LogP contribution is -2.48. The van der Waals surface area contributed by atoms with Crippen molar-refractivity contribution in [3.05, 3.63) is 35.4 Å². The Hall–Kier alpha value is -2.70. The molecule has 1 aromatic carbocycles. The lowest BCUT2D eigenvalue weighted by molar-refractivity contribution is -0.139. The van der Waals surface area contributed by atoms with E-state index < -0.39 is 0 Å². The average Bonchev–Trinajstić information content (AvgIpc) is 2.93. The number of benzene rings is 1. The molecule has 2 amide bonds. The number of nitrogens with one attached hydrogen (secondary N) is 1. The van der Waals surface area contributed by atoms with Gasteiger partial charge in [0.2, 0.25) is 5.91 Å². The Morgan fingerprint density at radius 3 is 2.85 bits per heavy atom. The number of H-pyrrole nitrogens is 1. The highest BCUT2D eigenvalue weighted by molar-refractivity contribution is 5.97. The lowest BCUT2D eigenvalue weighted by atomic mass is 9.94. The van der Waals surface area contributed by atoms with Gasteiger partial charge < -0.3 is 9.80 Å². The molecular formula is C19H23N5O2. The predicted molar refractivity (Wildman–Crippen MR) is 97.4 cm³/mol. The molecule has 5 rings (SSSR count). The first-order valence-electron chi connectivity index (χ1n) is 9.06. The van der Waals surface area contributed by atoms with Crippen molar-refractivity contribution < 1.29 is 9.59 Å². The standard InChI is InChI=1S/C19H23N5O2/c1-12(2)7-8-24-15-5-3-14(19(24)26)10-23(11-15)18(25)13-4-6-16-17(9-13)21-22-20-16/h4,6-7,9,14-15H,3,5,8,10-11H2,1-2H3,(H,20,21,22)/t14-,15+/m1/s1. The van der Waals surface area contributed by atoms with Gasteiger partial charge in [0.05, 0.1) is 5.92 Å². The second-order valence-corrected chi connectivity index (χ2v) is 7.44. The summed E-state index contributed by atoms with van der Waals surface area (Å²) in [5.41, 5.74) is 3.21. The number of fused-ring (bicyclic) bond motifs is 5. The van der Waals surface area contributed by atoms with Crippen LogP contribution in [0.4, 0.5) is 0 Å². The highest BCUT2D eigenvalue weighted by Crippen LogP contribution is 2.30. The molecule has 2 bridgehead atoms. The maximum Gasteiger partial charge on any atom is 0.254 e. The molecule has 3 saturated heterocycles. The molecule has 136 valence electrons. The molecule has 7 nitrogen and oxygen atoms in total. The Labute approximate surface area is 152 Å². The molecule has 1 aromatic heterocycles. The van der Waals surface area contributed by atoms with E-state index in [1.165, 1.54) is 5.57 Å². The summed E-state index contributed by atoms with van der Waals surface area (Å²) in [7, 11) is 0. The molecule has 4 heterocycles. The molecule has 3 aliphatic rings. The first kappa shape index (κ1) is 16.8. The van der Waals surface area contributed by atoms with Gasteiger partial charge in [-0.25, -0.2) is 0 Å². The molecule has 26 heavy (non-hydrogen) atoms. The fraction of sp³-hybridized carbons (Fsp3) is 0.474. The normalized spacial score (nSPS) is 22.6. The van der Waals surface area contributed by atoms with Crippen LogP contribution < -0.4 is 0 Å². The number of carbonyl (C=O) groups excluding carboxylic acids is 2. The van der Waals surface area contributed by atoms with Crippen LogP contribution in [-0.4, -0.2) is 62.7 Å². The molecule has 0 spiro atoms. The second kappa shape index (κ2) is 6.55. The van der Waals surface area contributed by atoms with Gasteiger partial charge in [0.25, 0.3) is 5.91 Å². The smallest absolute Gasteiger partial charge is 0.254 e. The molecule has 3 aliphatic heterocycles. The third kappa shape index (κ3) is 2.98. The molecule has 3 fully saturated rings. The van der Waals surface area contributed by atoms with Crippen molar-refractivity contribution >= 4 is 22.8 Å². The number of amides is 2. The number of nitrogens with zero attached hydrogens (tertiary/aromatic N) is 4. The Kier molecular flexibility index (Phi) is 4.22. The minimum absolute atomic E-state index is 0.0383. The summed E-state index contributed by atoms with van der Waals surface area (Å²) >= 11 is 0. The number of allylic oxidation sites excluding steroid dienone is 1. The Morgan fingerprint density at radius 2 is 2.04 bits per heavy atom. The summed E-state index contributed by atoms with van der Waals surface area (Å²) < 4.78 is 0. The van der Waals surface area contributed by atoms with Crippen LogP contribution in [0.25, 0.3) is 11.0 Å². The molecule has 0 unspecified atom stereocenters. The SMILES string of the molecule is CC(C)=CCN1C(=O)[C@@H]2CC[C@H]1CN(C(=O)c1ccc3n[nH]nc3c1)C2. The van der Waals surface area contributed by atoms with Crippen LogP contribution in [-0.2, 0) is 4.79 Å². The highest BCUT2D eigenvalue weighted by atomic mass is 16.2. The monoisotopic (exact) mass is 353 g/mol. The quantitative estimate of drug-likeness (QED) is 0.856. The molecule has 2 aromatic rings. The number of aromatic amines is 1. The average molecular weight is 353 g/mol. The maximum absolute atomic E-state index is 13.0. The lowest BCUT2D eigenvalue weighted by Gasteiger charge is -2.35. The van der Waals surface area contributed by atoms with Crippen LogP contribution in [0.1, 0.15) is 37.0 Å². The van der Waals surface area contributed by atoms with E-state index in [9.17, 15) is 9.59 Å². The van der Waals surface area contributed by atoms with Gasteiger partial charge in [-0.05, 0) is 44.9 Å². The topological polar surface area (TPSA) is 82.2 Å².